The number of hydrogen-bond acceptors (Lipinski definition) is 6. The van der Waals surface area contributed by atoms with E-state index in [0.717, 1.165) is 54.3 Å². The van der Waals surface area contributed by atoms with Crippen LogP contribution in [-0.2, 0) is 6.42 Å². The molecule has 4 aromatic rings. The third kappa shape index (κ3) is 4.46. The Labute approximate surface area is 202 Å². The first-order valence-electron chi connectivity index (χ1n) is 11.3. The molecule has 0 radical (unpaired) electrons. The summed E-state index contributed by atoms with van der Waals surface area (Å²) in [5.74, 6) is 1.62. The molecule has 1 aliphatic rings. The predicted octanol–water partition coefficient (Wildman–Crippen LogP) is 5.58. The molecule has 4 heterocycles. The van der Waals surface area contributed by atoms with Gasteiger partial charge in [0.25, 0.3) is 0 Å². The lowest BCUT2D eigenvalue weighted by molar-refractivity contribution is 0.247. The van der Waals surface area contributed by atoms with Gasteiger partial charge in [-0.3, -0.25) is 0 Å². The van der Waals surface area contributed by atoms with Crippen LogP contribution in [0.5, 0.6) is 5.88 Å². The first kappa shape index (κ1) is 22.3. The topological polar surface area (TPSA) is 77.8 Å². The summed E-state index contributed by atoms with van der Waals surface area (Å²) in [5.41, 5.74) is 3.19. The number of nitrogens with zero attached hydrogens (tertiary/aromatic N) is 5. The smallest absolute Gasteiger partial charge is 0.232 e. The molecule has 7 nitrogen and oxygen atoms in total. The molecular weight excluding hydrogens is 455 g/mol. The van der Waals surface area contributed by atoms with E-state index >= 15 is 0 Å². The molecule has 1 atom stereocenters. The highest BCUT2D eigenvalue weighted by molar-refractivity contribution is 6.31. The Morgan fingerprint density at radius 2 is 1.97 bits per heavy atom. The Balaban J connectivity index is 1.56. The number of halogens is 2. The van der Waals surface area contributed by atoms with Gasteiger partial charge in [-0.1, -0.05) is 18.5 Å². The van der Waals surface area contributed by atoms with Gasteiger partial charge < -0.3 is 14.6 Å². The number of benzene rings is 1. The molecule has 0 bridgehead atoms. The summed E-state index contributed by atoms with van der Waals surface area (Å²) < 4.78 is 21.8. The average molecular weight is 479 g/mol. The normalized spacial score (nSPS) is 14.7. The van der Waals surface area contributed by atoms with Crippen molar-refractivity contribution in [3.63, 3.8) is 0 Å². The second-order valence-electron chi connectivity index (χ2n) is 8.09. The lowest BCUT2D eigenvalue weighted by Crippen LogP contribution is -2.16. The summed E-state index contributed by atoms with van der Waals surface area (Å²) in [6.07, 6.45) is 6.02. The number of rotatable bonds is 8. The summed E-state index contributed by atoms with van der Waals surface area (Å²) in [7, 11) is 0. The number of pyridine rings is 1. The van der Waals surface area contributed by atoms with E-state index in [-0.39, 0.29) is 11.9 Å². The Hall–Kier alpha value is -3.52. The van der Waals surface area contributed by atoms with Crippen LogP contribution in [-0.4, -0.2) is 37.7 Å². The molecule has 174 valence electrons. The molecule has 0 amide bonds. The fourth-order valence-corrected chi connectivity index (χ4v) is 4.33. The van der Waals surface area contributed by atoms with Gasteiger partial charge in [0.2, 0.25) is 11.8 Å². The largest absolute Gasteiger partial charge is 0.474 e. The molecule has 0 spiro atoms. The van der Waals surface area contributed by atoms with Gasteiger partial charge in [-0.25, -0.2) is 24.3 Å². The summed E-state index contributed by atoms with van der Waals surface area (Å²) in [6.45, 7) is 3.26. The van der Waals surface area contributed by atoms with E-state index < -0.39 is 0 Å². The molecule has 5 rings (SSSR count). The van der Waals surface area contributed by atoms with E-state index in [1.54, 1.807) is 36.7 Å². The number of hydrogen-bond donors (Lipinski definition) is 1. The molecule has 0 saturated heterocycles. The monoisotopic (exact) mass is 478 g/mol. The number of nitrogens with one attached hydrogen (secondary N) is 1. The van der Waals surface area contributed by atoms with E-state index in [2.05, 4.69) is 26.8 Å². The van der Waals surface area contributed by atoms with Crippen LogP contribution in [0.25, 0.3) is 22.6 Å². The zero-order valence-corrected chi connectivity index (χ0v) is 19.5. The highest BCUT2D eigenvalue weighted by Gasteiger charge is 2.31. The highest BCUT2D eigenvalue weighted by Crippen LogP contribution is 2.39. The number of imidazole rings is 1. The van der Waals surface area contributed by atoms with Crippen LogP contribution in [0.3, 0.4) is 0 Å². The Morgan fingerprint density at radius 1 is 1.12 bits per heavy atom. The van der Waals surface area contributed by atoms with Crippen molar-refractivity contribution in [3.05, 3.63) is 71.5 Å². The molecule has 9 heteroatoms. The second kappa shape index (κ2) is 9.77. The van der Waals surface area contributed by atoms with Gasteiger partial charge in [0, 0.05) is 30.9 Å². The minimum absolute atomic E-state index is 0.0202. The highest BCUT2D eigenvalue weighted by atomic mass is 35.5. The van der Waals surface area contributed by atoms with E-state index in [0.29, 0.717) is 23.5 Å². The SMILES string of the molecule is CCCNc1nccc(-c2c(-c3ccc(F)cc3)nc3n2C(COc2ncccc2Cl)CC3)n1. The molecule has 1 N–H and O–H groups in total. The molecule has 0 aliphatic carbocycles. The molecule has 1 unspecified atom stereocenters. The summed E-state index contributed by atoms with van der Waals surface area (Å²) in [5, 5.41) is 3.72. The number of ether oxygens (including phenoxy) is 1. The van der Waals surface area contributed by atoms with Crippen molar-refractivity contribution in [1.82, 2.24) is 24.5 Å². The maximum atomic E-state index is 13.6. The van der Waals surface area contributed by atoms with Crippen LogP contribution >= 0.6 is 11.6 Å². The maximum absolute atomic E-state index is 13.6. The van der Waals surface area contributed by atoms with Crippen LogP contribution in [0.1, 0.15) is 31.6 Å². The molecule has 3 aromatic heterocycles. The first-order valence-corrected chi connectivity index (χ1v) is 11.7. The quantitative estimate of drug-likeness (QED) is 0.356. The van der Waals surface area contributed by atoms with Crippen molar-refractivity contribution in [2.45, 2.75) is 32.2 Å². The standard InChI is InChI=1S/C25H24ClFN6O/c1-2-12-29-25-30-14-11-20(31-25)23-22(16-5-7-17(27)8-6-16)32-21-10-9-18(33(21)23)15-34-24-19(26)4-3-13-28-24/h3-8,11,13-14,18H,2,9-10,12,15H2,1H3,(H,29,30,31). The van der Waals surface area contributed by atoms with Crippen LogP contribution in [0, 0.1) is 5.82 Å². The molecule has 1 aromatic carbocycles. The molecule has 1 aliphatic heterocycles. The van der Waals surface area contributed by atoms with Crippen LogP contribution in [0.15, 0.2) is 54.9 Å². The van der Waals surface area contributed by atoms with Crippen molar-refractivity contribution in [1.29, 1.82) is 0 Å². The third-order valence-corrected chi connectivity index (χ3v) is 6.02. The number of fused-ring (bicyclic) bond motifs is 1. The van der Waals surface area contributed by atoms with Gasteiger partial charge in [-0.15, -0.1) is 0 Å². The van der Waals surface area contributed by atoms with E-state index in [1.165, 1.54) is 12.1 Å². The van der Waals surface area contributed by atoms with Gasteiger partial charge in [0.05, 0.1) is 23.1 Å². The fourth-order valence-electron chi connectivity index (χ4n) is 4.15. The first-order chi connectivity index (χ1) is 16.6. The van der Waals surface area contributed by atoms with Crippen molar-refractivity contribution in [3.8, 4) is 28.5 Å². The average Bonchev–Trinajstić information content (AvgIpc) is 3.42. The van der Waals surface area contributed by atoms with E-state index in [4.69, 9.17) is 26.3 Å². The molecule has 0 fully saturated rings. The lowest BCUT2D eigenvalue weighted by atomic mass is 10.1. The zero-order valence-electron chi connectivity index (χ0n) is 18.7. The second-order valence-corrected chi connectivity index (χ2v) is 8.50. The number of aromatic nitrogens is 5. The molecular formula is C25H24ClFN6O. The summed E-state index contributed by atoms with van der Waals surface area (Å²) in [6, 6.07) is 11.8. The summed E-state index contributed by atoms with van der Waals surface area (Å²) in [4.78, 5) is 18.3. The molecule has 34 heavy (non-hydrogen) atoms. The minimum Gasteiger partial charge on any atom is -0.474 e. The van der Waals surface area contributed by atoms with E-state index in [9.17, 15) is 4.39 Å². The van der Waals surface area contributed by atoms with Crippen molar-refractivity contribution >= 4 is 17.5 Å². The maximum Gasteiger partial charge on any atom is 0.232 e. The van der Waals surface area contributed by atoms with Crippen LogP contribution in [0.4, 0.5) is 10.3 Å². The van der Waals surface area contributed by atoms with Crippen LogP contribution in [0.2, 0.25) is 5.02 Å². The Kier molecular flexibility index (Phi) is 6.40. The number of aryl methyl sites for hydroxylation is 1. The van der Waals surface area contributed by atoms with Gasteiger partial charge in [0.15, 0.2) is 0 Å². The fraction of sp³-hybridized carbons (Fsp3) is 0.280. The van der Waals surface area contributed by atoms with Crippen LogP contribution < -0.4 is 10.1 Å². The summed E-state index contributed by atoms with van der Waals surface area (Å²) >= 11 is 6.23. The third-order valence-electron chi connectivity index (χ3n) is 5.74. The zero-order chi connectivity index (χ0) is 23.5. The number of anilines is 1. The van der Waals surface area contributed by atoms with Gasteiger partial charge in [-0.2, -0.15) is 0 Å². The van der Waals surface area contributed by atoms with Crippen molar-refractivity contribution in [2.24, 2.45) is 0 Å². The Morgan fingerprint density at radius 3 is 2.76 bits per heavy atom. The van der Waals surface area contributed by atoms with Gasteiger partial charge in [-0.05, 0) is 55.3 Å². The predicted molar refractivity (Wildman–Crippen MR) is 130 cm³/mol. The van der Waals surface area contributed by atoms with Gasteiger partial charge in [0.1, 0.15) is 23.3 Å². The van der Waals surface area contributed by atoms with E-state index in [1.807, 2.05) is 6.07 Å². The Bertz CT molecular complexity index is 1290. The lowest BCUT2D eigenvalue weighted by Gasteiger charge is -2.18. The van der Waals surface area contributed by atoms with Crippen molar-refractivity contribution in [2.75, 3.05) is 18.5 Å². The minimum atomic E-state index is -0.288. The molecule has 0 saturated carbocycles. The van der Waals surface area contributed by atoms with Crippen molar-refractivity contribution < 1.29 is 9.13 Å². The van der Waals surface area contributed by atoms with Gasteiger partial charge >= 0.3 is 0 Å².